The van der Waals surface area contributed by atoms with E-state index in [4.69, 9.17) is 0 Å². The Morgan fingerprint density at radius 1 is 0.968 bits per heavy atom. The summed E-state index contributed by atoms with van der Waals surface area (Å²) in [5, 5.41) is 15.1. The Morgan fingerprint density at radius 3 is 2.48 bits per heavy atom. The van der Waals surface area contributed by atoms with Gasteiger partial charge in [-0.15, -0.1) is 0 Å². The highest BCUT2D eigenvalue weighted by molar-refractivity contribution is 5.76. The first kappa shape index (κ1) is 19.9. The smallest absolute Gasteiger partial charge is 0.319 e. The van der Waals surface area contributed by atoms with E-state index in [0.717, 1.165) is 11.3 Å². The third-order valence-electron chi connectivity index (χ3n) is 4.49. The van der Waals surface area contributed by atoms with Gasteiger partial charge in [0.1, 0.15) is 18.0 Å². The van der Waals surface area contributed by atoms with Crippen LogP contribution in [0.4, 0.5) is 29.0 Å². The van der Waals surface area contributed by atoms with E-state index >= 15 is 0 Å². The zero-order valence-corrected chi connectivity index (χ0v) is 16.7. The number of anilines is 4. The van der Waals surface area contributed by atoms with Gasteiger partial charge in [0, 0.05) is 11.9 Å². The van der Waals surface area contributed by atoms with Gasteiger partial charge in [-0.25, -0.2) is 19.9 Å². The van der Waals surface area contributed by atoms with Crippen molar-refractivity contribution < 1.29 is 4.92 Å². The normalized spacial score (nSPS) is 10.5. The Bertz CT molecular complexity index is 1190. The third-order valence-corrected chi connectivity index (χ3v) is 4.49. The second-order valence-corrected chi connectivity index (χ2v) is 6.70. The highest BCUT2D eigenvalue weighted by Gasteiger charge is 2.29. The third kappa shape index (κ3) is 4.61. The standard InChI is InChI=1S/C22H19N7O2/c1-16-8-7-11-18(26-16)27-21-20(29(30)31)22(25-15-24-21)28(19-12-5-6-13-23-19)14-17-9-3-2-4-10-17/h2-13,15H,14H2,1H3,(H,24,25,26,27). The molecule has 0 unspecified atom stereocenters. The molecule has 3 aromatic heterocycles. The zero-order valence-electron chi connectivity index (χ0n) is 16.7. The molecule has 0 aliphatic heterocycles. The lowest BCUT2D eigenvalue weighted by Crippen LogP contribution is -2.21. The molecule has 31 heavy (non-hydrogen) atoms. The number of nitrogens with one attached hydrogen (secondary N) is 1. The quantitative estimate of drug-likeness (QED) is 0.347. The molecule has 0 bridgehead atoms. The molecular weight excluding hydrogens is 394 g/mol. The molecule has 0 fully saturated rings. The molecule has 0 amide bonds. The summed E-state index contributed by atoms with van der Waals surface area (Å²) in [6.45, 7) is 2.19. The summed E-state index contributed by atoms with van der Waals surface area (Å²) in [6.07, 6.45) is 2.93. The van der Waals surface area contributed by atoms with E-state index in [9.17, 15) is 10.1 Å². The van der Waals surface area contributed by atoms with Crippen molar-refractivity contribution in [3.8, 4) is 0 Å². The summed E-state index contributed by atoms with van der Waals surface area (Å²) in [5.41, 5.74) is 1.48. The number of rotatable bonds is 7. The van der Waals surface area contributed by atoms with Gasteiger partial charge in [0.25, 0.3) is 0 Å². The predicted molar refractivity (Wildman–Crippen MR) is 117 cm³/mol. The number of benzene rings is 1. The SMILES string of the molecule is Cc1cccc(Nc2ncnc(N(Cc3ccccc3)c3ccccn3)c2[N+](=O)[O-])n1. The summed E-state index contributed by atoms with van der Waals surface area (Å²) >= 11 is 0. The van der Waals surface area contributed by atoms with Gasteiger partial charge < -0.3 is 10.2 Å². The van der Waals surface area contributed by atoms with Crippen LogP contribution in [-0.2, 0) is 6.54 Å². The summed E-state index contributed by atoms with van der Waals surface area (Å²) in [6, 6.07) is 20.4. The van der Waals surface area contributed by atoms with Crippen molar-refractivity contribution in [1.82, 2.24) is 19.9 Å². The number of nitro groups is 1. The molecule has 4 rings (SSSR count). The average molecular weight is 413 g/mol. The molecule has 1 aromatic carbocycles. The molecule has 0 atom stereocenters. The molecule has 9 nitrogen and oxygen atoms in total. The summed E-state index contributed by atoms with van der Waals surface area (Å²) in [4.78, 5) is 30.4. The van der Waals surface area contributed by atoms with Crippen molar-refractivity contribution in [2.24, 2.45) is 0 Å². The molecule has 9 heteroatoms. The molecule has 1 N–H and O–H groups in total. The maximum atomic E-state index is 12.1. The molecule has 0 aliphatic carbocycles. The fourth-order valence-corrected chi connectivity index (χ4v) is 3.10. The van der Waals surface area contributed by atoms with Gasteiger partial charge in [-0.2, -0.15) is 0 Å². The lowest BCUT2D eigenvalue weighted by atomic mass is 10.2. The zero-order chi connectivity index (χ0) is 21.6. The van der Waals surface area contributed by atoms with Gasteiger partial charge in [0.15, 0.2) is 0 Å². The van der Waals surface area contributed by atoms with Crippen molar-refractivity contribution in [3.63, 3.8) is 0 Å². The average Bonchev–Trinajstić information content (AvgIpc) is 2.78. The minimum atomic E-state index is -0.492. The van der Waals surface area contributed by atoms with Crippen LogP contribution >= 0.6 is 0 Å². The first-order chi connectivity index (χ1) is 15.1. The van der Waals surface area contributed by atoms with Gasteiger partial charge in [0.2, 0.25) is 11.6 Å². The van der Waals surface area contributed by atoms with Crippen molar-refractivity contribution in [3.05, 3.63) is 101 Å². The van der Waals surface area contributed by atoms with Crippen molar-refractivity contribution in [1.29, 1.82) is 0 Å². The van der Waals surface area contributed by atoms with Crippen LogP contribution < -0.4 is 10.2 Å². The Labute approximate surface area is 178 Å². The number of hydrogen-bond acceptors (Lipinski definition) is 8. The van der Waals surface area contributed by atoms with E-state index < -0.39 is 4.92 Å². The minimum absolute atomic E-state index is 0.0575. The number of nitrogens with zero attached hydrogens (tertiary/aromatic N) is 6. The summed E-state index contributed by atoms with van der Waals surface area (Å²) in [7, 11) is 0. The Hall–Kier alpha value is -4.40. The summed E-state index contributed by atoms with van der Waals surface area (Å²) < 4.78 is 0. The first-order valence-corrected chi connectivity index (χ1v) is 9.54. The Balaban J connectivity index is 1.81. The predicted octanol–water partition coefficient (Wildman–Crippen LogP) is 4.57. The first-order valence-electron chi connectivity index (χ1n) is 9.54. The topological polar surface area (TPSA) is 110 Å². The fourth-order valence-electron chi connectivity index (χ4n) is 3.10. The van der Waals surface area contributed by atoms with Crippen LogP contribution in [0.5, 0.6) is 0 Å². The lowest BCUT2D eigenvalue weighted by molar-refractivity contribution is -0.383. The van der Waals surface area contributed by atoms with Crippen LogP contribution in [0, 0.1) is 17.0 Å². The minimum Gasteiger partial charge on any atom is -0.319 e. The van der Waals surface area contributed by atoms with Crippen molar-refractivity contribution >= 4 is 29.0 Å². The number of aromatic nitrogens is 4. The lowest BCUT2D eigenvalue weighted by Gasteiger charge is -2.23. The monoisotopic (exact) mass is 413 g/mol. The number of pyridine rings is 2. The van der Waals surface area contributed by atoms with Gasteiger partial charge >= 0.3 is 5.69 Å². The molecule has 0 saturated carbocycles. The van der Waals surface area contributed by atoms with Crippen LogP contribution in [0.25, 0.3) is 0 Å². The van der Waals surface area contributed by atoms with Crippen LogP contribution in [0.2, 0.25) is 0 Å². The Kier molecular flexibility index (Phi) is 5.75. The molecule has 4 aromatic rings. The molecule has 0 saturated heterocycles. The van der Waals surface area contributed by atoms with Gasteiger partial charge in [-0.1, -0.05) is 42.5 Å². The molecule has 0 aliphatic rings. The molecular formula is C22H19N7O2. The molecule has 3 heterocycles. The molecule has 154 valence electrons. The Morgan fingerprint density at radius 2 is 1.77 bits per heavy atom. The van der Waals surface area contributed by atoms with E-state index in [-0.39, 0.29) is 17.3 Å². The van der Waals surface area contributed by atoms with Gasteiger partial charge in [-0.3, -0.25) is 10.1 Å². The largest absolute Gasteiger partial charge is 0.354 e. The van der Waals surface area contributed by atoms with Crippen LogP contribution in [-0.4, -0.2) is 24.9 Å². The summed E-state index contributed by atoms with van der Waals surface area (Å²) in [5.74, 6) is 1.19. The van der Waals surface area contributed by atoms with Crippen molar-refractivity contribution in [2.45, 2.75) is 13.5 Å². The van der Waals surface area contributed by atoms with Crippen LogP contribution in [0.15, 0.2) is 79.3 Å². The van der Waals surface area contributed by atoms with Crippen molar-refractivity contribution in [2.75, 3.05) is 10.2 Å². The van der Waals surface area contributed by atoms with E-state index in [2.05, 4.69) is 25.3 Å². The fraction of sp³-hybridized carbons (Fsp3) is 0.0909. The van der Waals surface area contributed by atoms with Gasteiger partial charge in [-0.05, 0) is 36.8 Å². The highest BCUT2D eigenvalue weighted by atomic mass is 16.6. The maximum absolute atomic E-state index is 12.1. The number of hydrogen-bond donors (Lipinski definition) is 1. The number of aryl methyl sites for hydroxylation is 1. The van der Waals surface area contributed by atoms with Crippen LogP contribution in [0.1, 0.15) is 11.3 Å². The van der Waals surface area contributed by atoms with E-state index in [0.29, 0.717) is 18.2 Å². The molecule has 0 spiro atoms. The molecule has 0 radical (unpaired) electrons. The second kappa shape index (κ2) is 8.95. The second-order valence-electron chi connectivity index (χ2n) is 6.70. The van der Waals surface area contributed by atoms with E-state index in [1.54, 1.807) is 29.3 Å². The van der Waals surface area contributed by atoms with Gasteiger partial charge in [0.05, 0.1) is 11.5 Å². The highest BCUT2D eigenvalue weighted by Crippen LogP contribution is 2.37. The maximum Gasteiger partial charge on any atom is 0.354 e. The van der Waals surface area contributed by atoms with E-state index in [1.165, 1.54) is 6.33 Å². The van der Waals surface area contributed by atoms with Crippen LogP contribution in [0.3, 0.4) is 0 Å². The van der Waals surface area contributed by atoms with E-state index in [1.807, 2.05) is 55.5 Å².